The summed E-state index contributed by atoms with van der Waals surface area (Å²) >= 11 is 0. The molecule has 0 aliphatic carbocycles. The quantitative estimate of drug-likeness (QED) is 0.355. The smallest absolute Gasteiger partial charge is 0.363 e. The van der Waals surface area contributed by atoms with E-state index in [1.165, 1.54) is 19.3 Å². The lowest BCUT2D eigenvalue weighted by Gasteiger charge is -2.05. The number of benzene rings is 2. The Balaban J connectivity index is 1.99. The zero-order valence-corrected chi connectivity index (χ0v) is 14.3. The molecule has 1 aliphatic heterocycles. The predicted molar refractivity (Wildman–Crippen MR) is 96.1 cm³/mol. The molecule has 132 valence electrons. The zero-order valence-electron chi connectivity index (χ0n) is 14.3. The van der Waals surface area contributed by atoms with E-state index in [2.05, 4.69) is 4.99 Å². The Morgan fingerprint density at radius 1 is 1.27 bits per heavy atom. The number of hydrogen-bond donors (Lipinski definition) is 0. The van der Waals surface area contributed by atoms with Crippen LogP contribution in [-0.2, 0) is 16.0 Å². The molecule has 7 nitrogen and oxygen atoms in total. The number of ether oxygens (including phenoxy) is 2. The zero-order chi connectivity index (χ0) is 18.7. The minimum Gasteiger partial charge on any atom is -0.496 e. The summed E-state index contributed by atoms with van der Waals surface area (Å²) in [4.78, 5) is 27.1. The van der Waals surface area contributed by atoms with Gasteiger partial charge in [0.1, 0.15) is 5.75 Å². The summed E-state index contributed by atoms with van der Waals surface area (Å²) < 4.78 is 10.5. The Bertz CT molecular complexity index is 947. The summed E-state index contributed by atoms with van der Waals surface area (Å²) in [5, 5.41) is 11.2. The lowest BCUT2D eigenvalue weighted by molar-refractivity contribution is -0.385. The van der Waals surface area contributed by atoms with Crippen LogP contribution in [0.2, 0.25) is 0 Å². The number of nitro benzene ring substituents is 1. The van der Waals surface area contributed by atoms with Crippen molar-refractivity contribution in [3.05, 3.63) is 75.0 Å². The van der Waals surface area contributed by atoms with Crippen LogP contribution in [0.5, 0.6) is 5.75 Å². The highest BCUT2D eigenvalue weighted by Crippen LogP contribution is 2.26. The predicted octanol–water partition coefficient (Wildman–Crippen LogP) is 3.51. The number of esters is 1. The summed E-state index contributed by atoms with van der Waals surface area (Å²) in [6.45, 7) is 1.85. The third-order valence-electron chi connectivity index (χ3n) is 3.95. The van der Waals surface area contributed by atoms with Crippen molar-refractivity contribution >= 4 is 23.6 Å². The van der Waals surface area contributed by atoms with E-state index in [1.54, 1.807) is 36.4 Å². The van der Waals surface area contributed by atoms with Crippen LogP contribution in [0.1, 0.15) is 23.6 Å². The molecule has 0 saturated heterocycles. The number of nitrogens with zero attached hydrogens (tertiary/aromatic N) is 2. The van der Waals surface area contributed by atoms with Crippen LogP contribution < -0.4 is 4.74 Å². The molecule has 0 atom stereocenters. The number of aliphatic imine (C=N–C) groups is 1. The SMILES string of the molecule is CCc1ccc(/C=C2\N=C(c3ccccc3OC)OC2=O)cc1[N+](=O)[O-]. The second kappa shape index (κ2) is 7.18. The molecule has 0 unspecified atom stereocenters. The number of carbonyl (C=O) groups is 1. The maximum atomic E-state index is 12.1. The molecule has 2 aromatic rings. The van der Waals surface area contributed by atoms with Gasteiger partial charge in [-0.3, -0.25) is 10.1 Å². The molecule has 0 amide bonds. The molecule has 0 fully saturated rings. The average Bonchev–Trinajstić information content (AvgIpc) is 3.01. The number of methoxy groups -OCH3 is 1. The Labute approximate surface area is 149 Å². The summed E-state index contributed by atoms with van der Waals surface area (Å²) in [7, 11) is 1.52. The summed E-state index contributed by atoms with van der Waals surface area (Å²) in [5.41, 5.74) is 1.78. The van der Waals surface area contributed by atoms with E-state index in [1.807, 2.05) is 6.92 Å². The van der Waals surface area contributed by atoms with Crippen LogP contribution in [0.25, 0.3) is 6.08 Å². The van der Waals surface area contributed by atoms with Gasteiger partial charge in [-0.05, 0) is 30.2 Å². The van der Waals surface area contributed by atoms with Gasteiger partial charge in [0.25, 0.3) is 5.69 Å². The summed E-state index contributed by atoms with van der Waals surface area (Å²) in [5.74, 6) is 0.0507. The van der Waals surface area contributed by atoms with E-state index >= 15 is 0 Å². The molecular weight excluding hydrogens is 336 g/mol. The first kappa shape index (κ1) is 17.3. The number of carbonyl (C=O) groups excluding carboxylic acids is 1. The van der Waals surface area contributed by atoms with Gasteiger partial charge in [0.2, 0.25) is 5.90 Å². The van der Waals surface area contributed by atoms with Crippen LogP contribution in [0.3, 0.4) is 0 Å². The number of nitro groups is 1. The molecule has 0 radical (unpaired) electrons. The largest absolute Gasteiger partial charge is 0.496 e. The van der Waals surface area contributed by atoms with Crippen LogP contribution in [0, 0.1) is 10.1 Å². The molecule has 0 saturated carbocycles. The van der Waals surface area contributed by atoms with Gasteiger partial charge < -0.3 is 9.47 Å². The first-order valence-corrected chi connectivity index (χ1v) is 7.96. The van der Waals surface area contributed by atoms with E-state index in [9.17, 15) is 14.9 Å². The highest BCUT2D eigenvalue weighted by Gasteiger charge is 2.26. The van der Waals surface area contributed by atoms with E-state index in [0.29, 0.717) is 28.9 Å². The molecule has 1 heterocycles. The van der Waals surface area contributed by atoms with Crippen molar-refractivity contribution in [1.29, 1.82) is 0 Å². The standard InChI is InChI=1S/C19H16N2O5/c1-3-13-9-8-12(11-16(13)21(23)24)10-15-19(22)26-18(20-15)14-6-4-5-7-17(14)25-2/h4-11H,3H2,1-2H3/b15-10-. The fraction of sp³-hybridized carbons (Fsp3) is 0.158. The van der Waals surface area contributed by atoms with Crippen LogP contribution in [-0.4, -0.2) is 23.9 Å². The molecule has 0 spiro atoms. The molecule has 7 heteroatoms. The molecule has 26 heavy (non-hydrogen) atoms. The van der Waals surface area contributed by atoms with E-state index in [0.717, 1.165) is 0 Å². The van der Waals surface area contributed by atoms with Gasteiger partial charge in [-0.2, -0.15) is 0 Å². The van der Waals surface area contributed by atoms with Crippen molar-refractivity contribution in [3.8, 4) is 5.75 Å². The minimum atomic E-state index is -0.617. The van der Waals surface area contributed by atoms with E-state index in [4.69, 9.17) is 9.47 Å². The molecule has 3 rings (SSSR count). The number of hydrogen-bond acceptors (Lipinski definition) is 6. The highest BCUT2D eigenvalue weighted by molar-refractivity contribution is 6.13. The minimum absolute atomic E-state index is 0.0159. The van der Waals surface area contributed by atoms with Crippen LogP contribution in [0.15, 0.2) is 53.2 Å². The molecule has 0 N–H and O–H groups in total. The Morgan fingerprint density at radius 3 is 2.73 bits per heavy atom. The fourth-order valence-electron chi connectivity index (χ4n) is 2.64. The summed E-state index contributed by atoms with van der Waals surface area (Å²) in [6.07, 6.45) is 2.02. The van der Waals surface area contributed by atoms with Crippen LogP contribution >= 0.6 is 0 Å². The molecule has 0 bridgehead atoms. The highest BCUT2D eigenvalue weighted by atomic mass is 16.6. The topological polar surface area (TPSA) is 91.0 Å². The molecule has 0 aromatic heterocycles. The van der Waals surface area contributed by atoms with Gasteiger partial charge in [-0.15, -0.1) is 0 Å². The third-order valence-corrected chi connectivity index (χ3v) is 3.95. The van der Waals surface area contributed by atoms with Gasteiger partial charge in [0.15, 0.2) is 5.70 Å². The third kappa shape index (κ3) is 3.32. The number of rotatable bonds is 5. The van der Waals surface area contributed by atoms with E-state index in [-0.39, 0.29) is 17.3 Å². The first-order valence-electron chi connectivity index (χ1n) is 7.96. The summed E-state index contributed by atoms with van der Waals surface area (Å²) in [6, 6.07) is 11.9. The van der Waals surface area contributed by atoms with Crippen molar-refractivity contribution < 1.29 is 19.2 Å². The van der Waals surface area contributed by atoms with Crippen molar-refractivity contribution in [2.75, 3.05) is 7.11 Å². The Hall–Kier alpha value is -3.48. The van der Waals surface area contributed by atoms with Crippen molar-refractivity contribution in [3.63, 3.8) is 0 Å². The fourth-order valence-corrected chi connectivity index (χ4v) is 2.64. The van der Waals surface area contributed by atoms with E-state index < -0.39 is 10.9 Å². The first-order chi connectivity index (χ1) is 12.5. The molecule has 2 aromatic carbocycles. The monoisotopic (exact) mass is 352 g/mol. The van der Waals surface area contributed by atoms with Gasteiger partial charge >= 0.3 is 5.97 Å². The number of cyclic esters (lactones) is 1. The Kier molecular flexibility index (Phi) is 4.79. The average molecular weight is 352 g/mol. The van der Waals surface area contributed by atoms with Crippen molar-refractivity contribution in [2.45, 2.75) is 13.3 Å². The number of para-hydroxylation sites is 1. The second-order valence-electron chi connectivity index (χ2n) is 5.54. The lowest BCUT2D eigenvalue weighted by Crippen LogP contribution is -2.06. The van der Waals surface area contributed by atoms with Crippen LogP contribution in [0.4, 0.5) is 5.69 Å². The second-order valence-corrected chi connectivity index (χ2v) is 5.54. The van der Waals surface area contributed by atoms with Crippen molar-refractivity contribution in [2.24, 2.45) is 4.99 Å². The molecule has 1 aliphatic rings. The Morgan fingerprint density at radius 2 is 2.04 bits per heavy atom. The number of aryl methyl sites for hydroxylation is 1. The van der Waals surface area contributed by atoms with Gasteiger partial charge in [0, 0.05) is 11.6 Å². The normalized spacial score (nSPS) is 14.9. The van der Waals surface area contributed by atoms with Gasteiger partial charge in [0.05, 0.1) is 17.6 Å². The molecular formula is C19H16N2O5. The van der Waals surface area contributed by atoms with Gasteiger partial charge in [-0.25, -0.2) is 9.79 Å². The van der Waals surface area contributed by atoms with Gasteiger partial charge in [-0.1, -0.05) is 31.2 Å². The maximum Gasteiger partial charge on any atom is 0.363 e. The van der Waals surface area contributed by atoms with Crippen molar-refractivity contribution in [1.82, 2.24) is 0 Å². The maximum absolute atomic E-state index is 12.1. The lowest BCUT2D eigenvalue weighted by atomic mass is 10.1.